The summed E-state index contributed by atoms with van der Waals surface area (Å²) in [5.74, 6) is 1.08. The van der Waals surface area contributed by atoms with E-state index in [9.17, 15) is 9.90 Å². The maximum Gasteiger partial charge on any atom is 0.222 e. The molecule has 0 aromatic carbocycles. The van der Waals surface area contributed by atoms with Crippen molar-refractivity contribution in [1.82, 2.24) is 4.90 Å². The maximum atomic E-state index is 11.7. The molecule has 4 nitrogen and oxygen atoms in total. The van der Waals surface area contributed by atoms with Gasteiger partial charge in [-0.25, -0.2) is 0 Å². The Balaban J connectivity index is 1.82. The van der Waals surface area contributed by atoms with Gasteiger partial charge in [-0.1, -0.05) is 6.42 Å². The summed E-state index contributed by atoms with van der Waals surface area (Å²) in [6, 6.07) is 0. The van der Waals surface area contributed by atoms with Crippen LogP contribution in [-0.2, 0) is 4.79 Å². The Morgan fingerprint density at radius 3 is 2.81 bits per heavy atom. The molecule has 1 saturated heterocycles. The molecule has 3 unspecified atom stereocenters. The SMILES string of the molecule is NCC1CC(=O)N(CC2CCCC(O)C2)C1. The third-order valence-electron chi connectivity index (χ3n) is 3.86. The molecule has 1 saturated carbocycles. The molecule has 4 heteroatoms. The summed E-state index contributed by atoms with van der Waals surface area (Å²) in [5, 5.41) is 9.59. The minimum atomic E-state index is -0.151. The minimum absolute atomic E-state index is 0.151. The summed E-state index contributed by atoms with van der Waals surface area (Å²) >= 11 is 0. The molecule has 1 amide bonds. The molecule has 0 radical (unpaired) electrons. The van der Waals surface area contributed by atoms with Crippen LogP contribution in [0.1, 0.15) is 32.1 Å². The zero-order chi connectivity index (χ0) is 11.5. The molecule has 2 aliphatic rings. The first-order valence-corrected chi connectivity index (χ1v) is 6.35. The predicted molar refractivity (Wildman–Crippen MR) is 61.7 cm³/mol. The van der Waals surface area contributed by atoms with E-state index in [0.717, 1.165) is 38.8 Å². The van der Waals surface area contributed by atoms with E-state index in [2.05, 4.69) is 0 Å². The molecule has 2 rings (SSSR count). The summed E-state index contributed by atoms with van der Waals surface area (Å²) in [6.07, 6.45) is 4.49. The van der Waals surface area contributed by atoms with Crippen molar-refractivity contribution in [1.29, 1.82) is 0 Å². The Kier molecular flexibility index (Phi) is 3.82. The van der Waals surface area contributed by atoms with Crippen LogP contribution in [0.5, 0.6) is 0 Å². The van der Waals surface area contributed by atoms with Crippen LogP contribution in [0.2, 0.25) is 0 Å². The smallest absolute Gasteiger partial charge is 0.222 e. The number of aliphatic hydroxyl groups excluding tert-OH is 1. The van der Waals surface area contributed by atoms with Gasteiger partial charge in [0.1, 0.15) is 0 Å². The lowest BCUT2D eigenvalue weighted by molar-refractivity contribution is -0.128. The highest BCUT2D eigenvalue weighted by Crippen LogP contribution is 2.27. The first kappa shape index (κ1) is 11.9. The Morgan fingerprint density at radius 1 is 1.38 bits per heavy atom. The molecular weight excluding hydrogens is 204 g/mol. The van der Waals surface area contributed by atoms with E-state index in [1.165, 1.54) is 0 Å². The number of carbonyl (C=O) groups is 1. The van der Waals surface area contributed by atoms with Crippen LogP contribution in [0.4, 0.5) is 0 Å². The summed E-state index contributed by atoms with van der Waals surface area (Å²) in [5.41, 5.74) is 5.59. The van der Waals surface area contributed by atoms with Gasteiger partial charge < -0.3 is 15.7 Å². The number of hydrogen-bond donors (Lipinski definition) is 2. The molecule has 1 aliphatic carbocycles. The Bertz CT molecular complexity index is 257. The fourth-order valence-corrected chi connectivity index (χ4v) is 2.93. The number of carbonyl (C=O) groups excluding carboxylic acids is 1. The molecule has 92 valence electrons. The van der Waals surface area contributed by atoms with Crippen molar-refractivity contribution in [3.8, 4) is 0 Å². The normalized spacial score (nSPS) is 35.8. The van der Waals surface area contributed by atoms with Crippen molar-refractivity contribution in [2.75, 3.05) is 19.6 Å². The van der Waals surface area contributed by atoms with E-state index in [0.29, 0.717) is 24.8 Å². The van der Waals surface area contributed by atoms with Crippen molar-refractivity contribution in [3.63, 3.8) is 0 Å². The predicted octanol–water partition coefficient (Wildman–Crippen LogP) is 0.345. The third kappa shape index (κ3) is 2.74. The molecule has 1 heterocycles. The Hall–Kier alpha value is -0.610. The molecule has 0 bridgehead atoms. The van der Waals surface area contributed by atoms with Gasteiger partial charge in [0, 0.05) is 19.5 Å². The number of aliphatic hydroxyl groups is 1. The Morgan fingerprint density at radius 2 is 2.19 bits per heavy atom. The second-order valence-electron chi connectivity index (χ2n) is 5.29. The first-order valence-electron chi connectivity index (χ1n) is 6.35. The van der Waals surface area contributed by atoms with Gasteiger partial charge in [-0.2, -0.15) is 0 Å². The van der Waals surface area contributed by atoms with Crippen LogP contribution >= 0.6 is 0 Å². The highest BCUT2D eigenvalue weighted by Gasteiger charge is 2.31. The lowest BCUT2D eigenvalue weighted by Crippen LogP contribution is -2.34. The lowest BCUT2D eigenvalue weighted by atomic mass is 9.87. The largest absolute Gasteiger partial charge is 0.393 e. The zero-order valence-corrected chi connectivity index (χ0v) is 9.77. The minimum Gasteiger partial charge on any atom is -0.393 e. The van der Waals surface area contributed by atoms with Gasteiger partial charge in [0.15, 0.2) is 0 Å². The fraction of sp³-hybridized carbons (Fsp3) is 0.917. The number of rotatable bonds is 3. The van der Waals surface area contributed by atoms with Gasteiger partial charge in [-0.05, 0) is 37.6 Å². The van der Waals surface area contributed by atoms with Crippen LogP contribution in [0, 0.1) is 11.8 Å². The van der Waals surface area contributed by atoms with Crippen molar-refractivity contribution in [3.05, 3.63) is 0 Å². The lowest BCUT2D eigenvalue weighted by Gasteiger charge is -2.29. The van der Waals surface area contributed by atoms with E-state index >= 15 is 0 Å². The van der Waals surface area contributed by atoms with E-state index in [1.807, 2.05) is 4.90 Å². The van der Waals surface area contributed by atoms with Gasteiger partial charge >= 0.3 is 0 Å². The number of likely N-dealkylation sites (tertiary alicyclic amines) is 1. The zero-order valence-electron chi connectivity index (χ0n) is 9.77. The second kappa shape index (κ2) is 5.15. The molecule has 16 heavy (non-hydrogen) atoms. The van der Waals surface area contributed by atoms with Crippen LogP contribution in [0.25, 0.3) is 0 Å². The van der Waals surface area contributed by atoms with E-state index in [-0.39, 0.29) is 12.0 Å². The van der Waals surface area contributed by atoms with Gasteiger partial charge in [-0.3, -0.25) is 4.79 Å². The van der Waals surface area contributed by atoms with E-state index in [4.69, 9.17) is 5.73 Å². The van der Waals surface area contributed by atoms with Crippen LogP contribution in [0.3, 0.4) is 0 Å². The van der Waals surface area contributed by atoms with Gasteiger partial charge in [0.25, 0.3) is 0 Å². The molecule has 2 fully saturated rings. The van der Waals surface area contributed by atoms with Crippen molar-refractivity contribution in [2.24, 2.45) is 17.6 Å². The van der Waals surface area contributed by atoms with E-state index < -0.39 is 0 Å². The number of nitrogens with zero attached hydrogens (tertiary/aromatic N) is 1. The molecular formula is C12H22N2O2. The molecule has 3 N–H and O–H groups in total. The molecule has 0 spiro atoms. The third-order valence-corrected chi connectivity index (χ3v) is 3.86. The highest BCUT2D eigenvalue weighted by atomic mass is 16.3. The number of amides is 1. The molecule has 0 aromatic heterocycles. The quantitative estimate of drug-likeness (QED) is 0.729. The van der Waals surface area contributed by atoms with Crippen molar-refractivity contribution < 1.29 is 9.90 Å². The van der Waals surface area contributed by atoms with Crippen LogP contribution < -0.4 is 5.73 Å². The van der Waals surface area contributed by atoms with Crippen LogP contribution in [0.15, 0.2) is 0 Å². The average molecular weight is 226 g/mol. The van der Waals surface area contributed by atoms with Gasteiger partial charge in [-0.15, -0.1) is 0 Å². The topological polar surface area (TPSA) is 66.6 Å². The molecule has 1 aliphatic heterocycles. The maximum absolute atomic E-state index is 11.7. The summed E-state index contributed by atoms with van der Waals surface area (Å²) in [7, 11) is 0. The van der Waals surface area contributed by atoms with E-state index in [1.54, 1.807) is 0 Å². The van der Waals surface area contributed by atoms with Crippen molar-refractivity contribution >= 4 is 5.91 Å². The van der Waals surface area contributed by atoms with Crippen LogP contribution in [-0.4, -0.2) is 41.7 Å². The monoisotopic (exact) mass is 226 g/mol. The number of hydrogen-bond acceptors (Lipinski definition) is 3. The standard InChI is InChI=1S/C12H22N2O2/c13-6-10-5-12(16)14(8-10)7-9-2-1-3-11(15)4-9/h9-11,15H,1-8,13H2. The summed E-state index contributed by atoms with van der Waals surface area (Å²) < 4.78 is 0. The van der Waals surface area contributed by atoms with Gasteiger partial charge in [0.2, 0.25) is 5.91 Å². The molecule has 3 atom stereocenters. The first-order chi connectivity index (χ1) is 7.69. The van der Waals surface area contributed by atoms with Gasteiger partial charge in [0.05, 0.1) is 6.10 Å². The summed E-state index contributed by atoms with van der Waals surface area (Å²) in [6.45, 7) is 2.25. The fourth-order valence-electron chi connectivity index (χ4n) is 2.93. The Labute approximate surface area is 96.8 Å². The average Bonchev–Trinajstić information content (AvgIpc) is 2.60. The summed E-state index contributed by atoms with van der Waals surface area (Å²) in [4.78, 5) is 13.7. The second-order valence-corrected chi connectivity index (χ2v) is 5.29. The molecule has 0 aromatic rings. The highest BCUT2D eigenvalue weighted by molar-refractivity contribution is 5.78. The van der Waals surface area contributed by atoms with Crippen molar-refractivity contribution in [2.45, 2.75) is 38.2 Å². The number of nitrogens with two attached hydrogens (primary N) is 1.